The Morgan fingerprint density at radius 1 is 1.35 bits per heavy atom. The number of aliphatic imine (C=N–C) groups is 1. The van der Waals surface area contributed by atoms with Crippen molar-refractivity contribution in [3.05, 3.63) is 29.8 Å². The van der Waals surface area contributed by atoms with Crippen LogP contribution in [0.15, 0.2) is 29.3 Å². The van der Waals surface area contributed by atoms with Gasteiger partial charge in [-0.3, -0.25) is 4.99 Å². The van der Waals surface area contributed by atoms with Gasteiger partial charge in [-0.05, 0) is 37.9 Å². The van der Waals surface area contributed by atoms with Crippen LogP contribution in [0.5, 0.6) is 0 Å². The van der Waals surface area contributed by atoms with Crippen LogP contribution in [0.25, 0.3) is 0 Å². The first-order chi connectivity index (χ1) is 10.7. The van der Waals surface area contributed by atoms with Gasteiger partial charge in [0.2, 0.25) is 0 Å². The van der Waals surface area contributed by atoms with E-state index in [4.69, 9.17) is 10.5 Å². The van der Waals surface area contributed by atoms with E-state index < -0.39 is 0 Å². The first-order valence-electron chi connectivity index (χ1n) is 8.05. The normalized spacial score (nSPS) is 16.9. The number of rotatable bonds is 7. The molecule has 1 saturated heterocycles. The van der Waals surface area contributed by atoms with Gasteiger partial charge in [0.1, 0.15) is 0 Å². The molecule has 1 aliphatic heterocycles. The Kier molecular flexibility index (Phi) is 9.50. The van der Waals surface area contributed by atoms with E-state index in [0.29, 0.717) is 18.5 Å². The Morgan fingerprint density at radius 3 is 2.74 bits per heavy atom. The summed E-state index contributed by atoms with van der Waals surface area (Å²) in [5.74, 6) is 0.990. The maximum atomic E-state index is 6.01. The van der Waals surface area contributed by atoms with Crippen molar-refractivity contribution >= 4 is 35.6 Å². The van der Waals surface area contributed by atoms with Crippen LogP contribution in [-0.4, -0.2) is 44.1 Å². The molecule has 1 atom stereocenters. The maximum absolute atomic E-state index is 6.01. The summed E-state index contributed by atoms with van der Waals surface area (Å²) >= 11 is 0. The SMILES string of the molecule is COCc1ccccc1NC(N)=NCC(C)CN1CCCC1.I. The largest absolute Gasteiger partial charge is 0.380 e. The summed E-state index contributed by atoms with van der Waals surface area (Å²) < 4.78 is 5.20. The van der Waals surface area contributed by atoms with Crippen molar-refractivity contribution in [2.24, 2.45) is 16.6 Å². The molecule has 0 aromatic heterocycles. The molecule has 2 rings (SSSR count). The lowest BCUT2D eigenvalue weighted by atomic mass is 10.2. The number of ether oxygens (including phenoxy) is 1. The van der Waals surface area contributed by atoms with Crippen LogP contribution in [-0.2, 0) is 11.3 Å². The Hall–Kier alpha value is -0.860. The summed E-state index contributed by atoms with van der Waals surface area (Å²) in [6, 6.07) is 7.98. The lowest BCUT2D eigenvalue weighted by Gasteiger charge is -2.19. The zero-order valence-electron chi connectivity index (χ0n) is 14.1. The molecule has 5 nitrogen and oxygen atoms in total. The summed E-state index contributed by atoms with van der Waals surface area (Å²) in [5.41, 5.74) is 8.05. The fraction of sp³-hybridized carbons (Fsp3) is 0.588. The fourth-order valence-corrected chi connectivity index (χ4v) is 2.82. The van der Waals surface area contributed by atoms with Crippen molar-refractivity contribution in [2.45, 2.75) is 26.4 Å². The van der Waals surface area contributed by atoms with Gasteiger partial charge in [-0.2, -0.15) is 0 Å². The molecule has 0 amide bonds. The van der Waals surface area contributed by atoms with Gasteiger partial charge >= 0.3 is 0 Å². The van der Waals surface area contributed by atoms with Crippen LogP contribution in [0.3, 0.4) is 0 Å². The molecule has 0 bridgehead atoms. The second kappa shape index (κ2) is 10.8. The summed E-state index contributed by atoms with van der Waals surface area (Å²) in [7, 11) is 1.69. The second-order valence-electron chi connectivity index (χ2n) is 6.05. The number of hydrogen-bond donors (Lipinski definition) is 2. The van der Waals surface area contributed by atoms with Gasteiger partial charge in [-0.25, -0.2) is 0 Å². The zero-order valence-corrected chi connectivity index (χ0v) is 16.5. The molecule has 0 radical (unpaired) electrons. The third kappa shape index (κ3) is 7.05. The molecular weight excluding hydrogens is 403 g/mol. The van der Waals surface area contributed by atoms with Crippen LogP contribution < -0.4 is 11.1 Å². The summed E-state index contributed by atoms with van der Waals surface area (Å²) in [6.07, 6.45) is 2.66. The quantitative estimate of drug-likeness (QED) is 0.395. The summed E-state index contributed by atoms with van der Waals surface area (Å²) in [5, 5.41) is 3.18. The summed E-state index contributed by atoms with van der Waals surface area (Å²) in [4.78, 5) is 6.99. The number of nitrogens with one attached hydrogen (secondary N) is 1. The minimum atomic E-state index is 0. The number of nitrogens with two attached hydrogens (primary N) is 1. The van der Waals surface area contributed by atoms with Crippen LogP contribution in [0.4, 0.5) is 5.69 Å². The van der Waals surface area contributed by atoms with E-state index in [1.54, 1.807) is 7.11 Å². The molecule has 0 spiro atoms. The van der Waals surface area contributed by atoms with E-state index in [2.05, 4.69) is 22.1 Å². The number of para-hydroxylation sites is 1. The first-order valence-corrected chi connectivity index (χ1v) is 8.05. The lowest BCUT2D eigenvalue weighted by Crippen LogP contribution is -2.28. The van der Waals surface area contributed by atoms with Crippen LogP contribution in [0, 0.1) is 5.92 Å². The van der Waals surface area contributed by atoms with Gasteiger partial charge in [0.25, 0.3) is 0 Å². The van der Waals surface area contributed by atoms with E-state index in [-0.39, 0.29) is 24.0 Å². The van der Waals surface area contributed by atoms with E-state index >= 15 is 0 Å². The molecule has 6 heteroatoms. The number of nitrogens with zero attached hydrogens (tertiary/aromatic N) is 2. The van der Waals surface area contributed by atoms with Gasteiger partial charge in [0.05, 0.1) is 6.61 Å². The second-order valence-corrected chi connectivity index (χ2v) is 6.05. The Bertz CT molecular complexity index is 489. The predicted molar refractivity (Wildman–Crippen MR) is 108 cm³/mol. The van der Waals surface area contributed by atoms with E-state index in [9.17, 15) is 0 Å². The number of methoxy groups -OCH3 is 1. The van der Waals surface area contributed by atoms with Gasteiger partial charge in [-0.1, -0.05) is 25.1 Å². The third-order valence-corrected chi connectivity index (χ3v) is 3.92. The third-order valence-electron chi connectivity index (χ3n) is 3.92. The zero-order chi connectivity index (χ0) is 15.8. The number of halogens is 1. The Labute approximate surface area is 156 Å². The van der Waals surface area contributed by atoms with Crippen LogP contribution in [0.2, 0.25) is 0 Å². The molecule has 1 fully saturated rings. The first kappa shape index (κ1) is 20.2. The topological polar surface area (TPSA) is 62.9 Å². The van der Waals surface area contributed by atoms with Crippen molar-refractivity contribution in [1.29, 1.82) is 0 Å². The van der Waals surface area contributed by atoms with Crippen LogP contribution >= 0.6 is 24.0 Å². The fourth-order valence-electron chi connectivity index (χ4n) is 2.82. The van der Waals surface area contributed by atoms with Gasteiger partial charge < -0.3 is 20.7 Å². The average molecular weight is 432 g/mol. The van der Waals surface area contributed by atoms with Crippen molar-refractivity contribution < 1.29 is 4.74 Å². The molecule has 1 aromatic rings. The van der Waals surface area contributed by atoms with Crippen molar-refractivity contribution in [3.8, 4) is 0 Å². The van der Waals surface area contributed by atoms with E-state index in [0.717, 1.165) is 24.3 Å². The van der Waals surface area contributed by atoms with Crippen molar-refractivity contribution in [3.63, 3.8) is 0 Å². The molecule has 0 aliphatic carbocycles. The average Bonchev–Trinajstić information content (AvgIpc) is 3.00. The molecule has 1 heterocycles. The Morgan fingerprint density at radius 2 is 2.04 bits per heavy atom. The molecule has 1 aromatic carbocycles. The highest BCUT2D eigenvalue weighted by Crippen LogP contribution is 2.15. The number of guanidine groups is 1. The maximum Gasteiger partial charge on any atom is 0.193 e. The van der Waals surface area contributed by atoms with Crippen molar-refractivity contribution in [2.75, 3.05) is 38.6 Å². The number of anilines is 1. The molecule has 1 aliphatic rings. The summed E-state index contributed by atoms with van der Waals surface area (Å²) in [6.45, 7) is 7.10. The standard InChI is InChI=1S/C17H28N4O.HI/c1-14(12-21-9-5-6-10-21)11-19-17(18)20-16-8-4-3-7-15(16)13-22-2;/h3-4,7-8,14H,5-6,9-13H2,1-2H3,(H3,18,19,20);1H. The molecule has 3 N–H and O–H groups in total. The van der Waals surface area contributed by atoms with Gasteiger partial charge in [0.15, 0.2) is 5.96 Å². The highest BCUT2D eigenvalue weighted by atomic mass is 127. The number of benzene rings is 1. The predicted octanol–water partition coefficient (Wildman–Crippen LogP) is 2.91. The molecule has 0 saturated carbocycles. The lowest BCUT2D eigenvalue weighted by molar-refractivity contribution is 0.185. The van der Waals surface area contributed by atoms with Crippen molar-refractivity contribution in [1.82, 2.24) is 4.90 Å². The Balaban J connectivity index is 0.00000264. The molecule has 1 unspecified atom stereocenters. The highest BCUT2D eigenvalue weighted by Gasteiger charge is 2.14. The highest BCUT2D eigenvalue weighted by molar-refractivity contribution is 14.0. The van der Waals surface area contributed by atoms with E-state index in [1.807, 2.05) is 24.3 Å². The van der Waals surface area contributed by atoms with E-state index in [1.165, 1.54) is 25.9 Å². The monoisotopic (exact) mass is 432 g/mol. The minimum absolute atomic E-state index is 0. The number of hydrogen-bond acceptors (Lipinski definition) is 3. The number of likely N-dealkylation sites (tertiary alicyclic amines) is 1. The molecule has 23 heavy (non-hydrogen) atoms. The van der Waals surface area contributed by atoms with Gasteiger partial charge in [-0.15, -0.1) is 24.0 Å². The molecule has 130 valence electrons. The smallest absolute Gasteiger partial charge is 0.193 e. The molecular formula is C17H29IN4O. The van der Waals surface area contributed by atoms with Gasteiger partial charge in [0, 0.05) is 31.5 Å². The minimum Gasteiger partial charge on any atom is -0.380 e. The van der Waals surface area contributed by atoms with Crippen LogP contribution in [0.1, 0.15) is 25.3 Å².